The van der Waals surface area contributed by atoms with Crippen LogP contribution in [0.1, 0.15) is 48.5 Å². The number of rotatable bonds is 1. The van der Waals surface area contributed by atoms with E-state index in [1.807, 2.05) is 31.0 Å². The molecule has 3 atom stereocenters. The Balaban J connectivity index is 0.000000216. The number of phenols is 1. The zero-order valence-corrected chi connectivity index (χ0v) is 17.1. The second-order valence-electron chi connectivity index (χ2n) is 8.38. The Morgan fingerprint density at radius 2 is 2.07 bits per heavy atom. The molecule has 2 fully saturated rings. The monoisotopic (exact) mass is 400 g/mol. The molecule has 2 unspecified atom stereocenters. The first kappa shape index (κ1) is 20.0. The zero-order chi connectivity index (χ0) is 20.5. The third-order valence-electron chi connectivity index (χ3n) is 5.98. The summed E-state index contributed by atoms with van der Waals surface area (Å²) in [5, 5.41) is 18.6. The zero-order valence-electron chi connectivity index (χ0n) is 17.1. The number of aromatic nitrogens is 2. The van der Waals surface area contributed by atoms with Gasteiger partial charge in [0.05, 0.1) is 12.2 Å². The molecule has 156 valence electrons. The Hall–Kier alpha value is -2.25. The lowest BCUT2D eigenvalue weighted by molar-refractivity contribution is 0.0325. The Bertz CT molecular complexity index is 883. The normalized spacial score (nSPS) is 25.8. The number of phenolic OH excluding ortho intramolecular Hbond substituents is 1. The Morgan fingerprint density at radius 3 is 2.76 bits per heavy atom. The largest absolute Gasteiger partial charge is 0.507 e. The molecule has 1 aromatic carbocycles. The first-order chi connectivity index (χ1) is 13.9. The Kier molecular flexibility index (Phi) is 5.69. The molecule has 5 rings (SSSR count). The summed E-state index contributed by atoms with van der Waals surface area (Å²) in [6.45, 7) is 3.65. The van der Waals surface area contributed by atoms with Gasteiger partial charge in [0.15, 0.2) is 0 Å². The fourth-order valence-electron chi connectivity index (χ4n) is 4.50. The number of hydrogen-bond donors (Lipinski definition) is 2. The fourth-order valence-corrected chi connectivity index (χ4v) is 4.50. The number of likely N-dealkylation sites (tertiary alicyclic amines) is 1. The van der Waals surface area contributed by atoms with Crippen LogP contribution in [0, 0.1) is 6.92 Å². The Labute approximate surface area is 170 Å². The molecule has 0 spiro atoms. The summed E-state index contributed by atoms with van der Waals surface area (Å²) in [6.07, 6.45) is 4.30. The van der Waals surface area contributed by atoms with Gasteiger partial charge in [-0.2, -0.15) is 0 Å². The lowest BCUT2D eigenvalue weighted by Gasteiger charge is -2.26. The molecule has 2 bridgehead atoms. The second-order valence-corrected chi connectivity index (χ2v) is 8.38. The van der Waals surface area contributed by atoms with Crippen LogP contribution in [0.15, 0.2) is 18.2 Å². The molecule has 29 heavy (non-hydrogen) atoms. The van der Waals surface area contributed by atoms with Crippen molar-refractivity contribution in [3.05, 3.63) is 34.9 Å². The predicted octanol–water partition coefficient (Wildman–Crippen LogP) is 3.57. The van der Waals surface area contributed by atoms with E-state index in [0.29, 0.717) is 23.6 Å². The van der Waals surface area contributed by atoms with Crippen molar-refractivity contribution in [1.82, 2.24) is 15.1 Å². The highest BCUT2D eigenvalue weighted by Crippen LogP contribution is 2.46. The third-order valence-corrected chi connectivity index (χ3v) is 5.98. The van der Waals surface area contributed by atoms with Crippen LogP contribution in [0.4, 0.5) is 10.2 Å². The molecule has 6 nitrogen and oxygen atoms in total. The van der Waals surface area contributed by atoms with E-state index in [1.54, 1.807) is 6.07 Å². The molecule has 1 aromatic heterocycles. The molecule has 0 aliphatic carbocycles. The number of aromatic hydroxyl groups is 1. The number of halogens is 1. The van der Waals surface area contributed by atoms with Crippen LogP contribution in [0.2, 0.25) is 0 Å². The van der Waals surface area contributed by atoms with Gasteiger partial charge in [-0.25, -0.2) is 4.39 Å². The molecule has 2 saturated heterocycles. The summed E-state index contributed by atoms with van der Waals surface area (Å²) >= 11 is 0. The van der Waals surface area contributed by atoms with Gasteiger partial charge in [0.1, 0.15) is 23.4 Å². The van der Waals surface area contributed by atoms with Crippen LogP contribution in [0.5, 0.6) is 5.75 Å². The van der Waals surface area contributed by atoms with Crippen molar-refractivity contribution in [1.29, 1.82) is 0 Å². The summed E-state index contributed by atoms with van der Waals surface area (Å²) < 4.78 is 18.4. The molecule has 0 saturated carbocycles. The van der Waals surface area contributed by atoms with Crippen molar-refractivity contribution in [2.45, 2.75) is 57.4 Å². The number of nitrogen functional groups attached to an aromatic ring is 1. The number of hydrogen-bond acceptors (Lipinski definition) is 6. The SMILES string of the molecule is CN1CCCC(F)C1.Cc1ccc(-c2nnc(N)c3c2[C@@H]2CCC(C3)O2)c(O)c1. The number of nitrogens with zero attached hydrogens (tertiary/aromatic N) is 3. The number of aryl methyl sites for hydroxylation is 1. The van der Waals surface area contributed by atoms with Gasteiger partial charge in [-0.1, -0.05) is 6.07 Å². The molecule has 2 aromatic rings. The number of benzene rings is 1. The standard InChI is InChI=1S/C16H17N3O2.C6H12FN/c1-8-2-4-10(12(20)6-8)15-14-11(16(17)19-18-15)7-9-3-5-13(14)21-9;1-8-4-2-3-6(7)5-8/h2,4,6,9,13,20H,3,5,7H2,1H3,(H2,17,19);6H,2-5H2,1H3/t9?,13-;/m0./s1. The van der Waals surface area contributed by atoms with E-state index in [0.717, 1.165) is 55.3 Å². The first-order valence-corrected chi connectivity index (χ1v) is 10.4. The van der Waals surface area contributed by atoms with Crippen LogP contribution in [0.3, 0.4) is 0 Å². The maximum atomic E-state index is 12.4. The minimum Gasteiger partial charge on any atom is -0.507 e. The van der Waals surface area contributed by atoms with E-state index >= 15 is 0 Å². The second kappa shape index (κ2) is 8.24. The number of anilines is 1. The number of ether oxygens (including phenoxy) is 1. The lowest BCUT2D eigenvalue weighted by Crippen LogP contribution is -2.32. The summed E-state index contributed by atoms with van der Waals surface area (Å²) in [4.78, 5) is 2.04. The van der Waals surface area contributed by atoms with Gasteiger partial charge >= 0.3 is 0 Å². The number of fused-ring (bicyclic) bond motifs is 4. The average molecular weight is 400 g/mol. The van der Waals surface area contributed by atoms with E-state index < -0.39 is 6.17 Å². The highest BCUT2D eigenvalue weighted by Gasteiger charge is 2.38. The van der Waals surface area contributed by atoms with E-state index in [2.05, 4.69) is 10.2 Å². The summed E-state index contributed by atoms with van der Waals surface area (Å²) in [5.41, 5.74) is 10.5. The van der Waals surface area contributed by atoms with E-state index in [9.17, 15) is 9.50 Å². The maximum absolute atomic E-state index is 12.4. The van der Waals surface area contributed by atoms with Crippen LogP contribution < -0.4 is 5.73 Å². The highest BCUT2D eigenvalue weighted by molar-refractivity contribution is 5.73. The molecule has 7 heteroatoms. The van der Waals surface area contributed by atoms with E-state index in [1.165, 1.54) is 0 Å². The number of nitrogens with two attached hydrogens (primary N) is 1. The Morgan fingerprint density at radius 1 is 1.24 bits per heavy atom. The predicted molar refractivity (Wildman–Crippen MR) is 110 cm³/mol. The molecule has 3 N–H and O–H groups in total. The third kappa shape index (κ3) is 4.21. The van der Waals surface area contributed by atoms with Crippen molar-refractivity contribution in [2.24, 2.45) is 0 Å². The van der Waals surface area contributed by atoms with Crippen molar-refractivity contribution in [3.63, 3.8) is 0 Å². The number of piperidine rings is 1. The van der Waals surface area contributed by atoms with Crippen molar-refractivity contribution in [2.75, 3.05) is 25.9 Å². The van der Waals surface area contributed by atoms with Gasteiger partial charge in [-0.3, -0.25) is 0 Å². The van der Waals surface area contributed by atoms with Crippen LogP contribution in [-0.4, -0.2) is 52.6 Å². The summed E-state index contributed by atoms with van der Waals surface area (Å²) in [6, 6.07) is 5.58. The topological polar surface area (TPSA) is 84.5 Å². The summed E-state index contributed by atoms with van der Waals surface area (Å²) in [5.74, 6) is 0.706. The van der Waals surface area contributed by atoms with Gasteiger partial charge in [-0.05, 0) is 63.9 Å². The van der Waals surface area contributed by atoms with E-state index in [4.69, 9.17) is 10.5 Å². The molecular weight excluding hydrogens is 371 g/mol. The molecular formula is C22H29FN4O2. The van der Waals surface area contributed by atoms with Gasteiger partial charge in [0.2, 0.25) is 0 Å². The fraction of sp³-hybridized carbons (Fsp3) is 0.545. The molecule has 4 heterocycles. The van der Waals surface area contributed by atoms with E-state index in [-0.39, 0.29) is 18.0 Å². The lowest BCUT2D eigenvalue weighted by atomic mass is 9.93. The van der Waals surface area contributed by atoms with Gasteiger partial charge in [0.25, 0.3) is 0 Å². The smallest absolute Gasteiger partial charge is 0.149 e. The highest BCUT2D eigenvalue weighted by atomic mass is 19.1. The van der Waals surface area contributed by atoms with Crippen LogP contribution in [-0.2, 0) is 11.2 Å². The van der Waals surface area contributed by atoms with Crippen LogP contribution >= 0.6 is 0 Å². The summed E-state index contributed by atoms with van der Waals surface area (Å²) in [7, 11) is 1.96. The average Bonchev–Trinajstić information content (AvgIpc) is 3.05. The van der Waals surface area contributed by atoms with Gasteiger partial charge in [0, 0.05) is 29.7 Å². The first-order valence-electron chi connectivity index (χ1n) is 10.4. The van der Waals surface area contributed by atoms with Crippen molar-refractivity contribution >= 4 is 5.82 Å². The van der Waals surface area contributed by atoms with Gasteiger partial charge < -0.3 is 20.5 Å². The molecule has 3 aliphatic heterocycles. The minimum atomic E-state index is -0.561. The quantitative estimate of drug-likeness (QED) is 0.761. The molecule has 0 radical (unpaired) electrons. The number of alkyl halides is 1. The maximum Gasteiger partial charge on any atom is 0.149 e. The van der Waals surface area contributed by atoms with Crippen LogP contribution in [0.25, 0.3) is 11.3 Å². The minimum absolute atomic E-state index is 0.0206. The molecule has 3 aliphatic rings. The van der Waals surface area contributed by atoms with Crippen molar-refractivity contribution in [3.8, 4) is 17.0 Å². The van der Waals surface area contributed by atoms with Crippen molar-refractivity contribution < 1.29 is 14.2 Å². The molecule has 0 amide bonds. The van der Waals surface area contributed by atoms with Gasteiger partial charge in [-0.15, -0.1) is 10.2 Å².